The first-order valence-corrected chi connectivity index (χ1v) is 9.21. The molecule has 0 radical (unpaired) electrons. The third-order valence-electron chi connectivity index (χ3n) is 4.07. The number of imidazole rings is 1. The zero-order valence-corrected chi connectivity index (χ0v) is 15.3. The Morgan fingerprint density at radius 2 is 1.50 bits per heavy atom. The topological polar surface area (TPSA) is 29.7 Å². The first-order valence-electron chi connectivity index (χ1n) is 8.44. The van der Waals surface area contributed by atoms with Gasteiger partial charge in [0.15, 0.2) is 5.71 Å². The predicted octanol–water partition coefficient (Wildman–Crippen LogP) is 6.06. The fourth-order valence-electron chi connectivity index (χ4n) is 2.80. The minimum Gasteiger partial charge on any atom is -0.293 e. The van der Waals surface area contributed by atoms with E-state index in [0.29, 0.717) is 16.4 Å². The van der Waals surface area contributed by atoms with Crippen molar-refractivity contribution in [2.75, 3.05) is 0 Å². The molecule has 4 aromatic rings. The Hall–Kier alpha value is -3.06. The summed E-state index contributed by atoms with van der Waals surface area (Å²) in [6, 6.07) is 22.4. The van der Waals surface area contributed by atoms with Crippen LogP contribution < -0.4 is 0 Å². The summed E-state index contributed by atoms with van der Waals surface area (Å²) in [6.45, 7) is 0. The van der Waals surface area contributed by atoms with Crippen LogP contribution in [0, 0.1) is 0 Å². The number of hydrogen-bond donors (Lipinski definition) is 0. The van der Waals surface area contributed by atoms with Gasteiger partial charge in [0.05, 0.1) is 0 Å². The van der Waals surface area contributed by atoms with Crippen LogP contribution in [0.2, 0.25) is 0 Å². The molecule has 0 fully saturated rings. The number of rotatable bonds is 4. The molecule has 2 aromatic heterocycles. The van der Waals surface area contributed by atoms with Crippen LogP contribution in [0.1, 0.15) is 5.56 Å². The number of hydrogen-bond acceptors (Lipinski definition) is 3. The molecule has 0 atom stereocenters. The fraction of sp³-hybridized carbons (Fsp3) is 0.0476. The Balaban J connectivity index is 1.84. The largest absolute Gasteiger partial charge is 0.434 e. The van der Waals surface area contributed by atoms with Crippen LogP contribution in [0.25, 0.3) is 16.9 Å². The zero-order chi connectivity index (χ0) is 19.6. The minimum absolute atomic E-state index is 0.0255. The molecule has 28 heavy (non-hydrogen) atoms. The highest BCUT2D eigenvalue weighted by Crippen LogP contribution is 2.34. The highest BCUT2D eigenvalue weighted by molar-refractivity contribution is 7.98. The van der Waals surface area contributed by atoms with Crippen LogP contribution in [0.5, 0.6) is 0 Å². The molecule has 0 saturated carbocycles. The molecule has 2 aromatic carbocycles. The summed E-state index contributed by atoms with van der Waals surface area (Å²) in [6.07, 6.45) is -2.80. The van der Waals surface area contributed by atoms with E-state index in [1.165, 1.54) is 12.1 Å². The Kier molecular flexibility index (Phi) is 4.92. The van der Waals surface area contributed by atoms with Crippen molar-refractivity contribution in [1.82, 2.24) is 9.38 Å². The van der Waals surface area contributed by atoms with Gasteiger partial charge in [-0.05, 0) is 12.1 Å². The predicted molar refractivity (Wildman–Crippen MR) is 106 cm³/mol. The van der Waals surface area contributed by atoms with Crippen molar-refractivity contribution in [3.8, 4) is 11.3 Å². The molecule has 0 amide bonds. The molecule has 7 heteroatoms. The van der Waals surface area contributed by atoms with Crippen LogP contribution in [0.4, 0.5) is 13.2 Å². The second-order valence-corrected chi connectivity index (χ2v) is 6.71. The highest BCUT2D eigenvalue weighted by atomic mass is 32.2. The first kappa shape index (κ1) is 18.3. The second kappa shape index (κ2) is 7.52. The van der Waals surface area contributed by atoms with Gasteiger partial charge in [0.25, 0.3) is 0 Å². The molecule has 0 saturated heterocycles. The average Bonchev–Trinajstić information content (AvgIpc) is 3.07. The lowest BCUT2D eigenvalue weighted by Gasteiger charge is -2.10. The van der Waals surface area contributed by atoms with E-state index in [4.69, 9.17) is 0 Å². The van der Waals surface area contributed by atoms with Crippen molar-refractivity contribution >= 4 is 23.3 Å². The normalized spacial score (nSPS) is 12.5. The number of halogens is 3. The van der Waals surface area contributed by atoms with Crippen LogP contribution in [0.3, 0.4) is 0 Å². The number of benzene rings is 2. The summed E-state index contributed by atoms with van der Waals surface area (Å²) in [5.41, 5.74) is 1.15. The maximum atomic E-state index is 13.6. The molecule has 0 aliphatic heterocycles. The van der Waals surface area contributed by atoms with Crippen molar-refractivity contribution < 1.29 is 13.2 Å². The van der Waals surface area contributed by atoms with Crippen molar-refractivity contribution in [3.05, 3.63) is 90.6 Å². The van der Waals surface area contributed by atoms with Gasteiger partial charge in [0, 0.05) is 29.3 Å². The monoisotopic (exact) mass is 397 g/mol. The molecule has 2 heterocycles. The highest BCUT2D eigenvalue weighted by Gasteiger charge is 2.37. The average molecular weight is 397 g/mol. The molecular formula is C21H14F3N3S. The number of aromatic nitrogens is 2. The molecular weight excluding hydrogens is 383 g/mol. The van der Waals surface area contributed by atoms with Crippen LogP contribution in [-0.4, -0.2) is 21.3 Å². The van der Waals surface area contributed by atoms with E-state index < -0.39 is 11.9 Å². The van der Waals surface area contributed by atoms with Gasteiger partial charge in [0.2, 0.25) is 0 Å². The maximum absolute atomic E-state index is 13.6. The Morgan fingerprint density at radius 1 is 0.857 bits per heavy atom. The van der Waals surface area contributed by atoms with Gasteiger partial charge in [-0.15, -0.1) is 0 Å². The SMILES string of the molecule is FC(F)(F)/C(=N\Sc1c(-c2ccccc2)nc2ccccn12)c1ccccc1. The van der Waals surface area contributed by atoms with Gasteiger partial charge >= 0.3 is 6.18 Å². The third kappa shape index (κ3) is 3.66. The first-order chi connectivity index (χ1) is 13.5. The molecule has 0 unspecified atom stereocenters. The van der Waals surface area contributed by atoms with Gasteiger partial charge in [0.1, 0.15) is 16.4 Å². The maximum Gasteiger partial charge on any atom is 0.434 e. The number of alkyl halides is 3. The quantitative estimate of drug-likeness (QED) is 0.309. The van der Waals surface area contributed by atoms with Crippen LogP contribution in [-0.2, 0) is 0 Å². The van der Waals surface area contributed by atoms with Gasteiger partial charge in [-0.25, -0.2) is 9.38 Å². The smallest absolute Gasteiger partial charge is 0.293 e. The molecule has 0 N–H and O–H groups in total. The minimum atomic E-state index is -4.57. The van der Waals surface area contributed by atoms with Crippen LogP contribution in [0.15, 0.2) is 94.5 Å². The van der Waals surface area contributed by atoms with Gasteiger partial charge in [-0.2, -0.15) is 13.2 Å². The lowest BCUT2D eigenvalue weighted by Crippen LogP contribution is -2.23. The number of pyridine rings is 1. The van der Waals surface area contributed by atoms with Crippen molar-refractivity contribution in [1.29, 1.82) is 0 Å². The van der Waals surface area contributed by atoms with E-state index in [9.17, 15) is 13.2 Å². The van der Waals surface area contributed by atoms with E-state index in [0.717, 1.165) is 17.5 Å². The summed E-state index contributed by atoms with van der Waals surface area (Å²) in [5, 5.41) is 0.527. The fourth-order valence-corrected chi connectivity index (χ4v) is 3.68. The third-order valence-corrected chi connectivity index (χ3v) is 4.91. The number of fused-ring (bicyclic) bond motifs is 1. The zero-order valence-electron chi connectivity index (χ0n) is 14.5. The van der Waals surface area contributed by atoms with Gasteiger partial charge in [-0.3, -0.25) is 4.40 Å². The lowest BCUT2D eigenvalue weighted by atomic mass is 10.1. The molecule has 140 valence electrons. The van der Waals surface area contributed by atoms with Crippen molar-refractivity contribution in [2.45, 2.75) is 11.2 Å². The van der Waals surface area contributed by atoms with E-state index >= 15 is 0 Å². The molecule has 3 nitrogen and oxygen atoms in total. The Labute approximate surface area is 163 Å². The van der Waals surface area contributed by atoms with Gasteiger partial charge < -0.3 is 0 Å². The molecule has 0 bridgehead atoms. The molecule has 0 aliphatic rings. The molecule has 4 rings (SSSR count). The number of nitrogens with zero attached hydrogens (tertiary/aromatic N) is 3. The summed E-state index contributed by atoms with van der Waals surface area (Å²) >= 11 is 0.776. The Bertz CT molecular complexity index is 1120. The summed E-state index contributed by atoms with van der Waals surface area (Å²) in [5.74, 6) is 0. The summed E-state index contributed by atoms with van der Waals surface area (Å²) in [4.78, 5) is 4.59. The van der Waals surface area contributed by atoms with E-state index in [1.54, 1.807) is 34.9 Å². The van der Waals surface area contributed by atoms with Crippen LogP contribution >= 0.6 is 11.9 Å². The molecule has 0 aliphatic carbocycles. The van der Waals surface area contributed by atoms with Gasteiger partial charge in [-0.1, -0.05) is 66.7 Å². The van der Waals surface area contributed by atoms with E-state index in [2.05, 4.69) is 9.38 Å². The summed E-state index contributed by atoms with van der Waals surface area (Å²) < 4.78 is 46.5. The lowest BCUT2D eigenvalue weighted by molar-refractivity contribution is -0.0578. The second-order valence-electron chi connectivity index (χ2n) is 5.96. The standard InChI is InChI=1S/C21H14F3N3S/c22-21(23,24)19(16-11-5-2-6-12-16)26-28-20-18(15-9-3-1-4-10-15)25-17-13-7-8-14-27(17)20/h1-14H/b26-19-. The van der Waals surface area contributed by atoms with Crippen molar-refractivity contribution in [3.63, 3.8) is 0 Å². The van der Waals surface area contributed by atoms with E-state index in [-0.39, 0.29) is 5.56 Å². The van der Waals surface area contributed by atoms with E-state index in [1.807, 2.05) is 42.5 Å². The molecule has 0 spiro atoms. The Morgan fingerprint density at radius 3 is 2.18 bits per heavy atom. The van der Waals surface area contributed by atoms with Crippen molar-refractivity contribution in [2.24, 2.45) is 4.40 Å². The summed E-state index contributed by atoms with van der Waals surface area (Å²) in [7, 11) is 0.